The van der Waals surface area contributed by atoms with Crippen molar-refractivity contribution in [1.29, 1.82) is 0 Å². The van der Waals surface area contributed by atoms with Gasteiger partial charge in [-0.25, -0.2) is 0 Å². The van der Waals surface area contributed by atoms with Crippen molar-refractivity contribution < 1.29 is 9.47 Å². The lowest BCUT2D eigenvalue weighted by Crippen LogP contribution is -2.24. The van der Waals surface area contributed by atoms with Crippen LogP contribution in [0.4, 0.5) is 0 Å². The van der Waals surface area contributed by atoms with E-state index >= 15 is 0 Å². The zero-order valence-corrected chi connectivity index (χ0v) is 12.6. The molecule has 0 bridgehead atoms. The Kier molecular flexibility index (Phi) is 3.59. The predicted octanol–water partition coefficient (Wildman–Crippen LogP) is 2.78. The Morgan fingerprint density at radius 2 is 1.76 bits per heavy atom. The number of halogens is 1. The molecular weight excluding hydrogens is 292 g/mol. The second-order valence-corrected chi connectivity index (χ2v) is 5.37. The van der Waals surface area contributed by atoms with Gasteiger partial charge < -0.3 is 9.47 Å². The van der Waals surface area contributed by atoms with Gasteiger partial charge in [-0.3, -0.25) is 4.79 Å². The third-order valence-corrected chi connectivity index (χ3v) is 3.69. The Bertz CT molecular complexity index is 716. The van der Waals surface area contributed by atoms with Gasteiger partial charge in [0.1, 0.15) is 11.5 Å². The fourth-order valence-electron chi connectivity index (χ4n) is 2.26. The van der Waals surface area contributed by atoms with E-state index < -0.39 is 0 Å². The van der Waals surface area contributed by atoms with Crippen LogP contribution in [0, 0.1) is 0 Å². The second kappa shape index (κ2) is 5.41. The van der Waals surface area contributed by atoms with Crippen molar-refractivity contribution >= 4 is 11.6 Å². The molecule has 1 aromatic carbocycles. The van der Waals surface area contributed by atoms with Gasteiger partial charge in [0, 0.05) is 23.8 Å². The molecule has 2 aromatic rings. The summed E-state index contributed by atoms with van der Waals surface area (Å²) in [6.45, 7) is 0. The summed E-state index contributed by atoms with van der Waals surface area (Å²) in [5.41, 5.74) is 1.15. The molecule has 110 valence electrons. The summed E-state index contributed by atoms with van der Waals surface area (Å²) >= 11 is 6.06. The summed E-state index contributed by atoms with van der Waals surface area (Å²) in [4.78, 5) is 12.6. The molecule has 1 aliphatic carbocycles. The largest absolute Gasteiger partial charge is 0.497 e. The third kappa shape index (κ3) is 2.74. The zero-order valence-electron chi connectivity index (χ0n) is 11.8. The normalized spacial score (nSPS) is 14.0. The molecule has 0 spiro atoms. The monoisotopic (exact) mass is 306 g/mol. The Hall–Kier alpha value is -2.01. The van der Waals surface area contributed by atoms with E-state index in [0.29, 0.717) is 28.3 Å². The van der Waals surface area contributed by atoms with Gasteiger partial charge in [0.15, 0.2) is 5.15 Å². The summed E-state index contributed by atoms with van der Waals surface area (Å²) in [5.74, 6) is 1.48. The molecule has 21 heavy (non-hydrogen) atoms. The van der Waals surface area contributed by atoms with E-state index in [2.05, 4.69) is 5.10 Å². The number of ether oxygens (including phenoxy) is 2. The van der Waals surface area contributed by atoms with Crippen LogP contribution in [0.5, 0.6) is 11.5 Å². The van der Waals surface area contributed by atoms with Crippen LogP contribution >= 0.6 is 11.6 Å². The van der Waals surface area contributed by atoms with Crippen molar-refractivity contribution in [3.63, 3.8) is 0 Å². The SMILES string of the molecule is COc1cc(OC)cc(-n2nc(Cl)cc(C3CC3)c2=O)c1. The molecular formula is C15H15ClN2O3. The standard InChI is InChI=1S/C15H15ClN2O3/c1-20-11-5-10(6-12(7-11)21-2)18-15(19)13(9-3-4-9)8-14(16)17-18/h5-9H,3-4H2,1-2H3. The van der Waals surface area contributed by atoms with Crippen LogP contribution in [-0.4, -0.2) is 24.0 Å². The van der Waals surface area contributed by atoms with Gasteiger partial charge in [0.25, 0.3) is 5.56 Å². The number of hydrogen-bond acceptors (Lipinski definition) is 4. The molecule has 1 saturated carbocycles. The number of methoxy groups -OCH3 is 2. The maximum absolute atomic E-state index is 12.6. The minimum atomic E-state index is -0.141. The molecule has 1 heterocycles. The summed E-state index contributed by atoms with van der Waals surface area (Å²) in [5, 5.41) is 4.43. The minimum absolute atomic E-state index is 0.141. The fraction of sp³-hybridized carbons (Fsp3) is 0.333. The maximum Gasteiger partial charge on any atom is 0.275 e. The summed E-state index contributed by atoms with van der Waals surface area (Å²) in [6.07, 6.45) is 2.05. The molecule has 1 fully saturated rings. The van der Waals surface area contributed by atoms with Gasteiger partial charge in [-0.15, -0.1) is 0 Å². The van der Waals surface area contributed by atoms with Crippen molar-refractivity contribution in [2.24, 2.45) is 0 Å². The van der Waals surface area contributed by atoms with Crippen LogP contribution in [0.3, 0.4) is 0 Å². The zero-order chi connectivity index (χ0) is 15.0. The van der Waals surface area contributed by atoms with E-state index in [1.54, 1.807) is 38.5 Å². The number of hydrogen-bond donors (Lipinski definition) is 0. The average Bonchev–Trinajstić information content (AvgIpc) is 3.33. The first kappa shape index (κ1) is 13.9. The molecule has 1 aromatic heterocycles. The Morgan fingerprint density at radius 3 is 2.29 bits per heavy atom. The van der Waals surface area contributed by atoms with Gasteiger partial charge in [-0.1, -0.05) is 11.6 Å². The van der Waals surface area contributed by atoms with E-state index in [-0.39, 0.29) is 5.56 Å². The molecule has 0 N–H and O–H groups in total. The van der Waals surface area contributed by atoms with Crippen molar-refractivity contribution in [2.45, 2.75) is 18.8 Å². The lowest BCUT2D eigenvalue weighted by atomic mass is 10.2. The smallest absolute Gasteiger partial charge is 0.275 e. The maximum atomic E-state index is 12.6. The molecule has 0 amide bonds. The number of rotatable bonds is 4. The highest BCUT2D eigenvalue weighted by Gasteiger charge is 2.28. The lowest BCUT2D eigenvalue weighted by Gasteiger charge is -2.11. The highest BCUT2D eigenvalue weighted by Crippen LogP contribution is 2.38. The van der Waals surface area contributed by atoms with Gasteiger partial charge >= 0.3 is 0 Å². The summed E-state index contributed by atoms with van der Waals surface area (Å²) in [6, 6.07) is 6.85. The van der Waals surface area contributed by atoms with Crippen LogP contribution in [0.2, 0.25) is 5.15 Å². The molecule has 0 radical (unpaired) electrons. The second-order valence-electron chi connectivity index (χ2n) is 4.98. The number of nitrogens with zero attached hydrogens (tertiary/aromatic N) is 2. The van der Waals surface area contributed by atoms with Crippen LogP contribution < -0.4 is 15.0 Å². The van der Waals surface area contributed by atoms with Gasteiger partial charge in [-0.2, -0.15) is 9.78 Å². The third-order valence-electron chi connectivity index (χ3n) is 3.51. The van der Waals surface area contributed by atoms with Crippen LogP contribution in [0.15, 0.2) is 29.1 Å². The van der Waals surface area contributed by atoms with Crippen molar-refractivity contribution in [1.82, 2.24) is 9.78 Å². The molecule has 3 rings (SSSR count). The molecule has 1 aliphatic rings. The van der Waals surface area contributed by atoms with Crippen LogP contribution in [0.25, 0.3) is 5.69 Å². The van der Waals surface area contributed by atoms with Crippen LogP contribution in [0.1, 0.15) is 24.3 Å². The van der Waals surface area contributed by atoms with E-state index in [4.69, 9.17) is 21.1 Å². The van der Waals surface area contributed by atoms with Crippen molar-refractivity contribution in [3.05, 3.63) is 45.3 Å². The van der Waals surface area contributed by atoms with Gasteiger partial charge in [-0.05, 0) is 24.8 Å². The Morgan fingerprint density at radius 1 is 1.14 bits per heavy atom. The Balaban J connectivity index is 2.18. The molecule has 0 aliphatic heterocycles. The van der Waals surface area contributed by atoms with Gasteiger partial charge in [0.2, 0.25) is 0 Å². The van der Waals surface area contributed by atoms with Crippen molar-refractivity contribution in [2.75, 3.05) is 14.2 Å². The van der Waals surface area contributed by atoms with E-state index in [0.717, 1.165) is 18.4 Å². The van der Waals surface area contributed by atoms with Gasteiger partial charge in [0.05, 0.1) is 19.9 Å². The van der Waals surface area contributed by atoms with Crippen LogP contribution in [-0.2, 0) is 0 Å². The lowest BCUT2D eigenvalue weighted by molar-refractivity contribution is 0.393. The number of benzene rings is 1. The molecule has 0 saturated heterocycles. The highest BCUT2D eigenvalue weighted by molar-refractivity contribution is 6.29. The fourth-order valence-corrected chi connectivity index (χ4v) is 2.45. The molecule has 6 heteroatoms. The predicted molar refractivity (Wildman–Crippen MR) is 79.9 cm³/mol. The Labute approximate surface area is 127 Å². The molecule has 0 atom stereocenters. The summed E-state index contributed by atoms with van der Waals surface area (Å²) < 4.78 is 11.8. The topological polar surface area (TPSA) is 53.4 Å². The first-order chi connectivity index (χ1) is 10.1. The summed E-state index contributed by atoms with van der Waals surface area (Å²) in [7, 11) is 3.12. The average molecular weight is 307 g/mol. The first-order valence-corrected chi connectivity index (χ1v) is 7.03. The molecule has 5 nitrogen and oxygen atoms in total. The highest BCUT2D eigenvalue weighted by atomic mass is 35.5. The van der Waals surface area contributed by atoms with E-state index in [9.17, 15) is 4.79 Å². The quantitative estimate of drug-likeness (QED) is 0.871. The number of aromatic nitrogens is 2. The first-order valence-electron chi connectivity index (χ1n) is 6.65. The van der Waals surface area contributed by atoms with E-state index in [1.165, 1.54) is 4.68 Å². The minimum Gasteiger partial charge on any atom is -0.497 e. The van der Waals surface area contributed by atoms with Crippen molar-refractivity contribution in [3.8, 4) is 17.2 Å². The molecule has 0 unspecified atom stereocenters. The van der Waals surface area contributed by atoms with E-state index in [1.807, 2.05) is 0 Å².